The molecule has 1 aliphatic rings. The van der Waals surface area contributed by atoms with Crippen LogP contribution < -0.4 is 0 Å². The Morgan fingerprint density at radius 1 is 1.00 bits per heavy atom. The summed E-state index contributed by atoms with van der Waals surface area (Å²) in [6.07, 6.45) is 2.66. The summed E-state index contributed by atoms with van der Waals surface area (Å²) in [5.74, 6) is 0. The van der Waals surface area contributed by atoms with Crippen molar-refractivity contribution in [3.8, 4) is 0 Å². The zero-order valence-electron chi connectivity index (χ0n) is 10.4. The number of rotatable bonds is 3. The maximum Gasteiger partial charge on any atom is 0.265 e. The van der Waals surface area contributed by atoms with Crippen molar-refractivity contribution in [1.29, 1.82) is 0 Å². The Bertz CT molecular complexity index is 643. The molecule has 1 saturated heterocycles. The molecule has 1 fully saturated rings. The lowest BCUT2D eigenvalue weighted by molar-refractivity contribution is -0.108. The van der Waals surface area contributed by atoms with Crippen molar-refractivity contribution in [2.75, 3.05) is 19.4 Å². The Morgan fingerprint density at radius 2 is 1.58 bits per heavy atom. The number of sulfone groups is 1. The van der Waals surface area contributed by atoms with E-state index in [1.165, 1.54) is 24.3 Å². The van der Waals surface area contributed by atoms with Gasteiger partial charge in [-0.15, -0.1) is 0 Å². The van der Waals surface area contributed by atoms with Crippen molar-refractivity contribution in [2.24, 2.45) is 0 Å². The standard InChI is InChI=1S/C11H15NO5S2/c1-18(13,14)10-4-6-11(7-5-10)19(15,16)12-8-2-3-9-17-12/h4-7H,2-3,8-9H2,1H3. The molecule has 2 rings (SSSR count). The van der Waals surface area contributed by atoms with Crippen molar-refractivity contribution in [3.05, 3.63) is 24.3 Å². The van der Waals surface area contributed by atoms with Gasteiger partial charge in [0.2, 0.25) is 0 Å². The van der Waals surface area contributed by atoms with E-state index in [0.29, 0.717) is 13.2 Å². The summed E-state index contributed by atoms with van der Waals surface area (Å²) in [6.45, 7) is 0.691. The molecule has 19 heavy (non-hydrogen) atoms. The van der Waals surface area contributed by atoms with Gasteiger partial charge in [-0.25, -0.2) is 16.8 Å². The predicted molar refractivity (Wildman–Crippen MR) is 68.6 cm³/mol. The molecule has 0 unspecified atom stereocenters. The van der Waals surface area contributed by atoms with Gasteiger partial charge in [-0.05, 0) is 37.1 Å². The number of hydrogen-bond donors (Lipinski definition) is 0. The molecule has 0 aliphatic carbocycles. The second kappa shape index (κ2) is 5.20. The minimum atomic E-state index is -3.71. The van der Waals surface area contributed by atoms with Crippen LogP contribution in [0.1, 0.15) is 12.8 Å². The lowest BCUT2D eigenvalue weighted by Crippen LogP contribution is -2.35. The summed E-state index contributed by atoms with van der Waals surface area (Å²) >= 11 is 0. The van der Waals surface area contributed by atoms with Crippen LogP contribution in [0, 0.1) is 0 Å². The zero-order chi connectivity index (χ0) is 14.1. The molecule has 0 saturated carbocycles. The van der Waals surface area contributed by atoms with Gasteiger partial charge in [-0.2, -0.15) is 0 Å². The molecule has 0 bridgehead atoms. The quantitative estimate of drug-likeness (QED) is 0.825. The fourth-order valence-corrected chi connectivity index (χ4v) is 3.67. The van der Waals surface area contributed by atoms with Gasteiger partial charge in [0, 0.05) is 12.8 Å². The largest absolute Gasteiger partial charge is 0.284 e. The van der Waals surface area contributed by atoms with Crippen LogP contribution in [0.2, 0.25) is 0 Å². The van der Waals surface area contributed by atoms with Gasteiger partial charge in [-0.1, -0.05) is 4.47 Å². The molecular weight excluding hydrogens is 290 g/mol. The first-order valence-electron chi connectivity index (χ1n) is 5.77. The lowest BCUT2D eigenvalue weighted by Gasteiger charge is -2.25. The third-order valence-electron chi connectivity index (χ3n) is 2.79. The van der Waals surface area contributed by atoms with Crippen LogP contribution in [0.25, 0.3) is 0 Å². The van der Waals surface area contributed by atoms with E-state index in [1.54, 1.807) is 0 Å². The highest BCUT2D eigenvalue weighted by Crippen LogP contribution is 2.21. The van der Waals surface area contributed by atoms with E-state index in [-0.39, 0.29) is 9.79 Å². The van der Waals surface area contributed by atoms with Gasteiger partial charge in [0.15, 0.2) is 9.84 Å². The lowest BCUT2D eigenvalue weighted by atomic mass is 10.3. The number of nitrogens with zero attached hydrogens (tertiary/aromatic N) is 1. The molecule has 0 radical (unpaired) electrons. The normalized spacial score (nSPS) is 18.4. The Kier molecular flexibility index (Phi) is 3.95. The minimum absolute atomic E-state index is 0.0294. The molecule has 1 aromatic rings. The van der Waals surface area contributed by atoms with Crippen LogP contribution in [0.3, 0.4) is 0 Å². The monoisotopic (exact) mass is 305 g/mol. The maximum atomic E-state index is 12.2. The van der Waals surface area contributed by atoms with Crippen molar-refractivity contribution < 1.29 is 21.7 Å². The van der Waals surface area contributed by atoms with E-state index in [1.807, 2.05) is 0 Å². The summed E-state index contributed by atoms with van der Waals surface area (Å²) in [6, 6.07) is 5.13. The van der Waals surface area contributed by atoms with Crippen molar-refractivity contribution >= 4 is 19.9 Å². The van der Waals surface area contributed by atoms with Crippen LogP contribution in [0.15, 0.2) is 34.1 Å². The third-order valence-corrected chi connectivity index (χ3v) is 5.61. The highest BCUT2D eigenvalue weighted by molar-refractivity contribution is 7.90. The van der Waals surface area contributed by atoms with Crippen LogP contribution in [-0.2, 0) is 24.7 Å². The van der Waals surface area contributed by atoms with Gasteiger partial charge in [0.1, 0.15) is 0 Å². The van der Waals surface area contributed by atoms with Gasteiger partial charge in [0.05, 0.1) is 16.4 Å². The summed E-state index contributed by atoms with van der Waals surface area (Å²) in [4.78, 5) is 5.24. The fourth-order valence-electron chi connectivity index (χ4n) is 1.74. The Morgan fingerprint density at radius 3 is 2.05 bits per heavy atom. The molecule has 106 valence electrons. The Balaban J connectivity index is 2.31. The van der Waals surface area contributed by atoms with Crippen molar-refractivity contribution in [1.82, 2.24) is 4.47 Å². The van der Waals surface area contributed by atoms with Crippen molar-refractivity contribution in [3.63, 3.8) is 0 Å². The van der Waals surface area contributed by atoms with E-state index < -0.39 is 19.9 Å². The van der Waals surface area contributed by atoms with Crippen LogP contribution in [-0.4, -0.2) is 40.7 Å². The number of benzene rings is 1. The van der Waals surface area contributed by atoms with E-state index in [0.717, 1.165) is 23.6 Å². The minimum Gasteiger partial charge on any atom is -0.284 e. The molecule has 1 aliphatic heterocycles. The van der Waals surface area contributed by atoms with Crippen LogP contribution in [0.4, 0.5) is 0 Å². The number of hydroxylamine groups is 1. The maximum absolute atomic E-state index is 12.2. The molecule has 0 N–H and O–H groups in total. The Hall–Kier alpha value is -0.960. The van der Waals surface area contributed by atoms with Gasteiger partial charge >= 0.3 is 0 Å². The van der Waals surface area contributed by atoms with Crippen LogP contribution >= 0.6 is 0 Å². The summed E-state index contributed by atoms with van der Waals surface area (Å²) in [7, 11) is -7.04. The first kappa shape index (κ1) is 14.4. The van der Waals surface area contributed by atoms with Gasteiger partial charge < -0.3 is 0 Å². The SMILES string of the molecule is CS(=O)(=O)c1ccc(S(=O)(=O)N2CCCCO2)cc1. The Labute approximate surface area is 112 Å². The molecule has 0 aromatic heterocycles. The number of sulfonamides is 1. The van der Waals surface area contributed by atoms with Crippen LogP contribution in [0.5, 0.6) is 0 Å². The highest BCUT2D eigenvalue weighted by Gasteiger charge is 2.27. The first-order valence-corrected chi connectivity index (χ1v) is 9.11. The summed E-state index contributed by atoms with van der Waals surface area (Å²) in [5.41, 5.74) is 0. The second-order valence-electron chi connectivity index (χ2n) is 4.32. The smallest absolute Gasteiger partial charge is 0.265 e. The highest BCUT2D eigenvalue weighted by atomic mass is 32.2. The van der Waals surface area contributed by atoms with Gasteiger partial charge in [-0.3, -0.25) is 4.84 Å². The van der Waals surface area contributed by atoms with Crippen molar-refractivity contribution in [2.45, 2.75) is 22.6 Å². The predicted octanol–water partition coefficient (Wildman–Crippen LogP) is 0.806. The summed E-state index contributed by atoms with van der Waals surface area (Å²) < 4.78 is 48.0. The van der Waals surface area contributed by atoms with E-state index in [4.69, 9.17) is 4.84 Å². The molecule has 6 nitrogen and oxygen atoms in total. The molecule has 1 heterocycles. The molecule has 1 aromatic carbocycles. The molecule has 0 amide bonds. The van der Waals surface area contributed by atoms with E-state index in [2.05, 4.69) is 0 Å². The molecule has 0 atom stereocenters. The average Bonchev–Trinajstić information content (AvgIpc) is 2.39. The summed E-state index contributed by atoms with van der Waals surface area (Å²) in [5, 5.41) is 0. The van der Waals surface area contributed by atoms with E-state index >= 15 is 0 Å². The fraction of sp³-hybridized carbons (Fsp3) is 0.455. The third kappa shape index (κ3) is 3.14. The number of hydrogen-bond acceptors (Lipinski definition) is 5. The second-order valence-corrected chi connectivity index (χ2v) is 8.16. The first-order chi connectivity index (χ1) is 8.82. The molecule has 0 spiro atoms. The molecule has 8 heteroatoms. The zero-order valence-corrected chi connectivity index (χ0v) is 12.1. The van der Waals surface area contributed by atoms with Gasteiger partial charge in [0.25, 0.3) is 10.0 Å². The van der Waals surface area contributed by atoms with E-state index in [9.17, 15) is 16.8 Å². The topological polar surface area (TPSA) is 80.8 Å². The molecular formula is C11H15NO5S2. The average molecular weight is 305 g/mol.